The maximum absolute atomic E-state index is 12.4. The summed E-state index contributed by atoms with van der Waals surface area (Å²) >= 11 is 0. The zero-order valence-electron chi connectivity index (χ0n) is 16.0. The van der Waals surface area contributed by atoms with Gasteiger partial charge in [0.25, 0.3) is 5.91 Å². The van der Waals surface area contributed by atoms with Crippen LogP contribution in [0.5, 0.6) is 0 Å². The first kappa shape index (κ1) is 19.2. The van der Waals surface area contributed by atoms with Crippen LogP contribution < -0.4 is 15.5 Å². The Labute approximate surface area is 164 Å². The lowest BCUT2D eigenvalue weighted by atomic mass is 10.2. The average Bonchev–Trinajstić information content (AvgIpc) is 2.76. The number of carbonyl (C=O) groups is 1. The van der Waals surface area contributed by atoms with Gasteiger partial charge in [-0.15, -0.1) is 0 Å². The summed E-state index contributed by atoms with van der Waals surface area (Å²) in [5, 5.41) is 5.73. The third-order valence-electron chi connectivity index (χ3n) is 4.24. The third kappa shape index (κ3) is 5.00. The van der Waals surface area contributed by atoms with Crippen LogP contribution in [0, 0.1) is 0 Å². The van der Waals surface area contributed by atoms with Crippen LogP contribution in [-0.2, 0) is 13.0 Å². The highest BCUT2D eigenvalue weighted by molar-refractivity contribution is 5.93. The van der Waals surface area contributed by atoms with E-state index in [4.69, 9.17) is 0 Å². The summed E-state index contributed by atoms with van der Waals surface area (Å²) in [5.74, 6) is 1.08. The van der Waals surface area contributed by atoms with Crippen molar-refractivity contribution in [2.24, 2.45) is 0 Å². The fourth-order valence-corrected chi connectivity index (χ4v) is 2.70. The van der Waals surface area contributed by atoms with Crippen LogP contribution in [0.4, 0.5) is 11.8 Å². The van der Waals surface area contributed by atoms with E-state index in [0.717, 1.165) is 30.0 Å². The van der Waals surface area contributed by atoms with Gasteiger partial charge in [-0.25, -0.2) is 15.0 Å². The molecule has 3 rings (SSSR count). The second-order valence-electron chi connectivity index (χ2n) is 6.21. The predicted molar refractivity (Wildman–Crippen MR) is 108 cm³/mol. The number of likely N-dealkylation sites (N-methyl/N-ethyl adjacent to an activating group) is 1. The van der Waals surface area contributed by atoms with Crippen molar-refractivity contribution in [2.45, 2.75) is 13.0 Å². The highest BCUT2D eigenvalue weighted by Crippen LogP contribution is 2.16. The molecule has 0 saturated carbocycles. The number of aromatic nitrogens is 4. The van der Waals surface area contributed by atoms with Gasteiger partial charge in [0, 0.05) is 69.7 Å². The molecule has 0 saturated heterocycles. The molecule has 3 aromatic rings. The topological polar surface area (TPSA) is 95.9 Å². The van der Waals surface area contributed by atoms with E-state index in [1.54, 1.807) is 19.4 Å². The molecule has 28 heavy (non-hydrogen) atoms. The van der Waals surface area contributed by atoms with Crippen molar-refractivity contribution in [3.05, 3.63) is 71.9 Å². The quantitative estimate of drug-likeness (QED) is 0.619. The number of hydrogen-bond donors (Lipinski definition) is 2. The zero-order chi connectivity index (χ0) is 19.8. The number of hydrogen-bond acceptors (Lipinski definition) is 7. The molecule has 3 heterocycles. The Hall–Kier alpha value is -3.55. The highest BCUT2D eigenvalue weighted by Gasteiger charge is 2.12. The van der Waals surface area contributed by atoms with Gasteiger partial charge < -0.3 is 15.5 Å². The highest BCUT2D eigenvalue weighted by atomic mass is 16.1. The first-order valence-corrected chi connectivity index (χ1v) is 9.00. The van der Waals surface area contributed by atoms with E-state index < -0.39 is 0 Å². The number of rotatable bonds is 8. The maximum atomic E-state index is 12.4. The summed E-state index contributed by atoms with van der Waals surface area (Å²) in [6.07, 6.45) is 7.36. The van der Waals surface area contributed by atoms with Crippen molar-refractivity contribution in [1.29, 1.82) is 0 Å². The van der Waals surface area contributed by atoms with Crippen molar-refractivity contribution in [2.75, 3.05) is 30.9 Å². The molecule has 8 nitrogen and oxygen atoms in total. The largest absolute Gasteiger partial charge is 0.359 e. The molecular weight excluding hydrogens is 354 g/mol. The Kier molecular flexibility index (Phi) is 6.46. The van der Waals surface area contributed by atoms with E-state index >= 15 is 0 Å². The summed E-state index contributed by atoms with van der Waals surface area (Å²) in [4.78, 5) is 31.4. The molecule has 0 aliphatic heterocycles. The minimum absolute atomic E-state index is 0.228. The van der Waals surface area contributed by atoms with Gasteiger partial charge in [0.05, 0.1) is 5.56 Å². The predicted octanol–water partition coefficient (Wildman–Crippen LogP) is 1.92. The Morgan fingerprint density at radius 2 is 1.82 bits per heavy atom. The summed E-state index contributed by atoms with van der Waals surface area (Å²) in [6, 6.07) is 9.72. The maximum Gasteiger partial charge on any atom is 0.254 e. The molecule has 0 spiro atoms. The number of nitrogens with zero attached hydrogens (tertiary/aromatic N) is 5. The Morgan fingerprint density at radius 1 is 1.04 bits per heavy atom. The fraction of sp³-hybridized carbons (Fsp3) is 0.250. The molecule has 0 aliphatic carbocycles. The molecule has 1 amide bonds. The van der Waals surface area contributed by atoms with E-state index in [0.29, 0.717) is 18.1 Å². The number of anilines is 2. The summed E-state index contributed by atoms with van der Waals surface area (Å²) in [7, 11) is 3.71. The van der Waals surface area contributed by atoms with Gasteiger partial charge in [-0.3, -0.25) is 9.78 Å². The summed E-state index contributed by atoms with van der Waals surface area (Å²) < 4.78 is 0. The Bertz CT molecular complexity index is 900. The first-order chi connectivity index (χ1) is 13.7. The van der Waals surface area contributed by atoms with E-state index in [1.165, 1.54) is 12.4 Å². The van der Waals surface area contributed by atoms with Gasteiger partial charge in [0.2, 0.25) is 5.95 Å². The number of carbonyl (C=O) groups excluding carboxylic acids is 1. The third-order valence-corrected chi connectivity index (χ3v) is 4.24. The van der Waals surface area contributed by atoms with Crippen LogP contribution in [0.2, 0.25) is 0 Å². The standard InChI is InChI=1S/C20H23N7O/c1-21-20-25-13-16(14-26-20)19(28)24-12-15-6-5-10-23-18(15)27(2)11-8-17-7-3-4-9-22-17/h3-7,9-10,13-14H,8,11-12H2,1-2H3,(H,24,28)(H,21,25,26). The van der Waals surface area contributed by atoms with Crippen molar-refractivity contribution in [3.63, 3.8) is 0 Å². The fourth-order valence-electron chi connectivity index (χ4n) is 2.70. The summed E-state index contributed by atoms with van der Waals surface area (Å²) in [5.41, 5.74) is 2.38. The van der Waals surface area contributed by atoms with Crippen LogP contribution >= 0.6 is 0 Å². The smallest absolute Gasteiger partial charge is 0.254 e. The van der Waals surface area contributed by atoms with E-state index in [1.807, 2.05) is 37.4 Å². The lowest BCUT2D eigenvalue weighted by Crippen LogP contribution is -2.27. The minimum atomic E-state index is -0.228. The monoisotopic (exact) mass is 377 g/mol. The van der Waals surface area contributed by atoms with Crippen molar-refractivity contribution >= 4 is 17.7 Å². The number of nitrogens with one attached hydrogen (secondary N) is 2. The van der Waals surface area contributed by atoms with Gasteiger partial charge in [-0.2, -0.15) is 0 Å². The van der Waals surface area contributed by atoms with Crippen molar-refractivity contribution in [1.82, 2.24) is 25.3 Å². The zero-order valence-corrected chi connectivity index (χ0v) is 16.0. The van der Waals surface area contributed by atoms with Gasteiger partial charge in [-0.1, -0.05) is 12.1 Å². The molecule has 0 aromatic carbocycles. The SMILES string of the molecule is CNc1ncc(C(=O)NCc2cccnc2N(C)CCc2ccccn2)cn1. The van der Waals surface area contributed by atoms with Gasteiger partial charge in [0.15, 0.2) is 0 Å². The second kappa shape index (κ2) is 9.40. The molecule has 0 aliphatic rings. The van der Waals surface area contributed by atoms with Crippen molar-refractivity contribution in [3.8, 4) is 0 Å². The van der Waals surface area contributed by atoms with Crippen molar-refractivity contribution < 1.29 is 4.79 Å². The van der Waals surface area contributed by atoms with Gasteiger partial charge >= 0.3 is 0 Å². The van der Waals surface area contributed by atoms with Gasteiger partial charge in [-0.05, 0) is 18.2 Å². The normalized spacial score (nSPS) is 10.4. The molecule has 0 atom stereocenters. The minimum Gasteiger partial charge on any atom is -0.359 e. The number of pyridine rings is 2. The number of amides is 1. The molecule has 0 radical (unpaired) electrons. The second-order valence-corrected chi connectivity index (χ2v) is 6.21. The van der Waals surface area contributed by atoms with E-state index in [9.17, 15) is 4.79 Å². The molecule has 144 valence electrons. The molecular formula is C20H23N7O. The van der Waals surface area contributed by atoms with Crippen LogP contribution in [0.25, 0.3) is 0 Å². The molecule has 0 bridgehead atoms. The Balaban J connectivity index is 1.61. The lowest BCUT2D eigenvalue weighted by molar-refractivity contribution is 0.0950. The summed E-state index contributed by atoms with van der Waals surface area (Å²) in [6.45, 7) is 1.14. The molecule has 2 N–H and O–H groups in total. The molecule has 0 fully saturated rings. The lowest BCUT2D eigenvalue weighted by Gasteiger charge is -2.21. The average molecular weight is 377 g/mol. The Morgan fingerprint density at radius 3 is 2.54 bits per heavy atom. The van der Waals surface area contributed by atoms with Crippen LogP contribution in [0.15, 0.2) is 55.1 Å². The van der Waals surface area contributed by atoms with E-state index in [-0.39, 0.29) is 5.91 Å². The molecule has 0 unspecified atom stereocenters. The molecule has 3 aromatic heterocycles. The van der Waals surface area contributed by atoms with E-state index in [2.05, 4.69) is 35.5 Å². The van der Waals surface area contributed by atoms with Crippen LogP contribution in [0.3, 0.4) is 0 Å². The first-order valence-electron chi connectivity index (χ1n) is 9.00. The molecule has 8 heteroatoms. The van der Waals surface area contributed by atoms with Crippen LogP contribution in [-0.4, -0.2) is 46.5 Å². The van der Waals surface area contributed by atoms with Crippen LogP contribution in [0.1, 0.15) is 21.6 Å². The van der Waals surface area contributed by atoms with Gasteiger partial charge in [0.1, 0.15) is 5.82 Å².